The number of rotatable bonds is 1. The molecule has 0 saturated heterocycles. The lowest BCUT2D eigenvalue weighted by molar-refractivity contribution is 0.0993. The Kier molecular flexibility index (Phi) is 10.5. The molecule has 1 amide bonds. The van der Waals surface area contributed by atoms with Crippen molar-refractivity contribution in [2.75, 3.05) is 5.84 Å². The summed E-state index contributed by atoms with van der Waals surface area (Å²) in [6.07, 6.45) is 4.92. The van der Waals surface area contributed by atoms with Crippen molar-refractivity contribution >= 4 is 79.1 Å². The lowest BCUT2D eigenvalue weighted by Gasteiger charge is -1.95. The molecule has 5 heterocycles. The van der Waals surface area contributed by atoms with Gasteiger partial charge < -0.3 is 11.6 Å². The Bertz CT molecular complexity index is 1630. The van der Waals surface area contributed by atoms with E-state index in [0.29, 0.717) is 16.4 Å². The van der Waals surface area contributed by atoms with Crippen molar-refractivity contribution in [2.45, 2.75) is 0 Å². The Morgan fingerprint density at radius 2 is 1.56 bits per heavy atom. The quantitative estimate of drug-likeness (QED) is 0.163. The van der Waals surface area contributed by atoms with Crippen LogP contribution in [-0.2, 0) is 4.57 Å². The van der Waals surface area contributed by atoms with E-state index in [1.807, 2.05) is 12.1 Å². The summed E-state index contributed by atoms with van der Waals surface area (Å²) in [6.45, 7) is 0. The number of primary amides is 1. The maximum absolute atomic E-state index is 11.0. The van der Waals surface area contributed by atoms with Crippen LogP contribution in [-0.4, -0.2) is 39.8 Å². The van der Waals surface area contributed by atoms with Crippen molar-refractivity contribution in [1.82, 2.24) is 33.9 Å². The maximum atomic E-state index is 11.0. The standard InChI is InChI=1S/C6H3Cl2N3.C6H5N3O2.C5H7N3O.Cl3OP/c7-5-4-2-1-3-11(4)10-6(8)9-5;10-5-4-2-1-3-9(4)8-6(11)7-5;6-5(9)4-2-1-3-8(4)7;1-5(2,3)4/h1-3H;1-3H,(H2,7,8,10,11);1-3H,7H2,(H2,6,9);. The predicted octanol–water partition coefficient (Wildman–Crippen LogP) is 3.46. The molecule has 36 heavy (non-hydrogen) atoms. The molecular weight excluding hydrogens is 602 g/mol. The van der Waals surface area contributed by atoms with Crippen molar-refractivity contribution < 1.29 is 9.36 Å². The molecule has 0 fully saturated rings. The summed E-state index contributed by atoms with van der Waals surface area (Å²) in [6, 6.07) is 10.2. The highest BCUT2D eigenvalue weighted by atomic mass is 36.0. The van der Waals surface area contributed by atoms with Gasteiger partial charge in [0.25, 0.3) is 11.5 Å². The number of aromatic amines is 2. The van der Waals surface area contributed by atoms with Gasteiger partial charge in [-0.3, -0.25) is 28.3 Å². The molecule has 19 heteroatoms. The molecule has 0 aliphatic rings. The number of carbonyl (C=O) groups excluding carboxylic acids is 1. The predicted molar refractivity (Wildman–Crippen MR) is 140 cm³/mol. The van der Waals surface area contributed by atoms with Crippen molar-refractivity contribution in [3.05, 3.63) is 92.0 Å². The molecule has 6 N–H and O–H groups in total. The van der Waals surface area contributed by atoms with Gasteiger partial charge in [0, 0.05) is 18.6 Å². The first-order valence-corrected chi connectivity index (χ1v) is 14.3. The van der Waals surface area contributed by atoms with Crippen LogP contribution < -0.4 is 22.8 Å². The summed E-state index contributed by atoms with van der Waals surface area (Å²) in [5.41, 5.74) is 5.55. The topological polar surface area (TPSA) is 191 Å². The minimum Gasteiger partial charge on any atom is -0.364 e. The van der Waals surface area contributed by atoms with Crippen LogP contribution in [0.25, 0.3) is 11.0 Å². The van der Waals surface area contributed by atoms with Gasteiger partial charge >= 0.3 is 10.9 Å². The highest BCUT2D eigenvalue weighted by Gasteiger charge is 2.03. The lowest BCUT2D eigenvalue weighted by Crippen LogP contribution is -2.24. The molecule has 13 nitrogen and oxygen atoms in total. The highest BCUT2D eigenvalue weighted by Crippen LogP contribution is 2.61. The number of nitrogen functional groups attached to an aromatic ring is 1. The molecular formula is C17H15Cl5N9O4P. The molecule has 0 atom stereocenters. The number of H-pyrrole nitrogens is 2. The number of fused-ring (bicyclic) bond motifs is 2. The molecule has 0 aliphatic heterocycles. The van der Waals surface area contributed by atoms with Gasteiger partial charge in [0.1, 0.15) is 16.7 Å². The van der Waals surface area contributed by atoms with Crippen LogP contribution in [0.15, 0.2) is 64.6 Å². The second kappa shape index (κ2) is 12.9. The number of amides is 1. The Hall–Kier alpha value is -2.93. The fourth-order valence-electron chi connectivity index (χ4n) is 2.44. The lowest BCUT2D eigenvalue weighted by atomic mass is 10.4. The third-order valence-corrected chi connectivity index (χ3v) is 4.22. The van der Waals surface area contributed by atoms with Gasteiger partial charge in [-0.25, -0.2) is 19.4 Å². The smallest absolute Gasteiger partial charge is 0.340 e. The largest absolute Gasteiger partial charge is 0.364 e. The fourth-order valence-corrected chi connectivity index (χ4v) is 2.88. The number of aromatic nitrogens is 7. The number of nitrogens with zero attached hydrogens (tertiary/aromatic N) is 5. The molecule has 0 saturated carbocycles. The van der Waals surface area contributed by atoms with Crippen molar-refractivity contribution in [1.29, 1.82) is 0 Å². The first kappa shape index (κ1) is 29.3. The first-order chi connectivity index (χ1) is 16.8. The van der Waals surface area contributed by atoms with Crippen LogP contribution in [0.4, 0.5) is 0 Å². The van der Waals surface area contributed by atoms with E-state index >= 15 is 0 Å². The van der Waals surface area contributed by atoms with Crippen LogP contribution in [0.2, 0.25) is 10.4 Å². The van der Waals surface area contributed by atoms with Crippen LogP contribution in [0.3, 0.4) is 0 Å². The van der Waals surface area contributed by atoms with Gasteiger partial charge in [0.2, 0.25) is 5.28 Å². The van der Waals surface area contributed by atoms with Crippen molar-refractivity contribution in [2.24, 2.45) is 5.73 Å². The molecule has 0 radical (unpaired) electrons. The molecule has 5 aromatic rings. The van der Waals surface area contributed by atoms with Gasteiger partial charge in [-0.1, -0.05) is 11.6 Å². The number of nitrogens with one attached hydrogen (secondary N) is 2. The molecule has 5 aromatic heterocycles. The third-order valence-electron chi connectivity index (χ3n) is 3.78. The van der Waals surface area contributed by atoms with Crippen LogP contribution in [0, 0.1) is 0 Å². The summed E-state index contributed by atoms with van der Waals surface area (Å²) in [7, 11) is 0. The van der Waals surface area contributed by atoms with Crippen LogP contribution in [0.1, 0.15) is 10.5 Å². The van der Waals surface area contributed by atoms with E-state index in [-0.39, 0.29) is 10.8 Å². The molecule has 0 spiro atoms. The second-order valence-electron chi connectivity index (χ2n) is 6.23. The van der Waals surface area contributed by atoms with E-state index in [2.05, 4.69) is 53.9 Å². The number of hydrogen-bond donors (Lipinski definition) is 4. The Labute approximate surface area is 225 Å². The molecule has 0 bridgehead atoms. The minimum absolute atomic E-state index is 0.152. The Morgan fingerprint density at radius 3 is 2.11 bits per heavy atom. The molecule has 0 unspecified atom stereocenters. The number of hydrogen-bond acceptors (Lipinski definition) is 7. The number of halogens is 5. The molecule has 0 aromatic carbocycles. The first-order valence-electron chi connectivity index (χ1n) is 9.13. The van der Waals surface area contributed by atoms with Crippen LogP contribution >= 0.6 is 62.1 Å². The highest BCUT2D eigenvalue weighted by molar-refractivity contribution is 8.24. The molecule has 5 rings (SSSR count). The van der Waals surface area contributed by atoms with Crippen molar-refractivity contribution in [3.8, 4) is 0 Å². The second-order valence-corrected chi connectivity index (χ2v) is 13.6. The van der Waals surface area contributed by atoms with E-state index in [1.165, 1.54) is 9.19 Å². The zero-order chi connectivity index (χ0) is 27.0. The SMILES string of the molecule is Clc1nc(Cl)c2cccn2n1.NC(=O)c1cccn1N.O=P(Cl)(Cl)Cl.O=c1[nH]c(=O)c2cccn2[nH]1. The van der Waals surface area contributed by atoms with Gasteiger partial charge in [-0.2, -0.15) is 0 Å². The summed E-state index contributed by atoms with van der Waals surface area (Å²) >= 11 is 25.2. The van der Waals surface area contributed by atoms with Gasteiger partial charge in [0.15, 0.2) is 5.15 Å². The molecule has 192 valence electrons. The van der Waals surface area contributed by atoms with Gasteiger partial charge in [0.05, 0.1) is 0 Å². The number of nitrogens with two attached hydrogens (primary N) is 2. The van der Waals surface area contributed by atoms with E-state index < -0.39 is 16.8 Å². The van der Waals surface area contributed by atoms with E-state index in [4.69, 9.17) is 34.8 Å². The summed E-state index contributed by atoms with van der Waals surface area (Å²) in [5, 5.41) is 3.60. The Balaban J connectivity index is 0.000000175. The number of carbonyl (C=O) groups is 1. The third kappa shape index (κ3) is 9.26. The van der Waals surface area contributed by atoms with Crippen molar-refractivity contribution in [3.63, 3.8) is 0 Å². The minimum atomic E-state index is -3.22. The van der Waals surface area contributed by atoms with Gasteiger partial charge in [-0.15, -0.1) is 5.10 Å². The summed E-state index contributed by atoms with van der Waals surface area (Å²) in [4.78, 5) is 37.9. The zero-order valence-electron chi connectivity index (χ0n) is 17.6. The van der Waals surface area contributed by atoms with Gasteiger partial charge in [-0.05, 0) is 81.7 Å². The zero-order valence-corrected chi connectivity index (χ0v) is 22.2. The maximum Gasteiger partial charge on any atom is 0.340 e. The monoisotopic (exact) mass is 615 g/mol. The average molecular weight is 618 g/mol. The van der Waals surface area contributed by atoms with E-state index in [1.54, 1.807) is 47.4 Å². The fraction of sp³-hybridized carbons (Fsp3) is 0. The average Bonchev–Trinajstić information content (AvgIpc) is 3.48. The van der Waals surface area contributed by atoms with E-state index in [0.717, 1.165) is 5.52 Å². The normalized spacial score (nSPS) is 10.5. The summed E-state index contributed by atoms with van der Waals surface area (Å²) in [5.74, 6) is 4.75. The Morgan fingerprint density at radius 1 is 0.972 bits per heavy atom. The summed E-state index contributed by atoms with van der Waals surface area (Å²) < 4.78 is 13.7. The van der Waals surface area contributed by atoms with E-state index in [9.17, 15) is 18.9 Å². The van der Waals surface area contributed by atoms with Crippen LogP contribution in [0.5, 0.6) is 0 Å². The molecule has 0 aliphatic carbocycles.